The fraction of sp³-hybridized carbons (Fsp3) is 0.391. The summed E-state index contributed by atoms with van der Waals surface area (Å²) < 4.78 is 12.7. The lowest BCUT2D eigenvalue weighted by atomic mass is 9.95. The number of nitrogens with one attached hydrogen (secondary N) is 1. The third kappa shape index (κ3) is 5.22. The van der Waals surface area contributed by atoms with Gasteiger partial charge in [0.2, 0.25) is 11.7 Å². The quantitative estimate of drug-likeness (QED) is 0.259. The topological polar surface area (TPSA) is 99.2 Å². The van der Waals surface area contributed by atoms with Gasteiger partial charge in [-0.15, -0.1) is 28.1 Å². The van der Waals surface area contributed by atoms with E-state index in [1.807, 2.05) is 18.4 Å². The molecular formula is C23H26N4O4S2. The van der Waals surface area contributed by atoms with Gasteiger partial charge in [-0.2, -0.15) is 0 Å². The largest absolute Gasteiger partial charge is 0.461 e. The second kappa shape index (κ2) is 10.4. The molecule has 33 heavy (non-hydrogen) atoms. The summed E-state index contributed by atoms with van der Waals surface area (Å²) in [5.74, 6) is 0.700. The van der Waals surface area contributed by atoms with E-state index in [-0.39, 0.29) is 23.7 Å². The number of fused-ring (bicyclic) bond motifs is 1. The third-order valence-corrected chi connectivity index (χ3v) is 7.25. The van der Waals surface area contributed by atoms with Crippen molar-refractivity contribution in [3.63, 3.8) is 0 Å². The van der Waals surface area contributed by atoms with Crippen molar-refractivity contribution in [3.8, 4) is 11.6 Å². The number of thioether (sulfide) groups is 1. The van der Waals surface area contributed by atoms with Gasteiger partial charge >= 0.3 is 5.97 Å². The van der Waals surface area contributed by atoms with Crippen molar-refractivity contribution in [1.82, 2.24) is 14.8 Å². The van der Waals surface area contributed by atoms with Crippen LogP contribution < -0.4 is 5.32 Å². The lowest BCUT2D eigenvalue weighted by molar-refractivity contribution is -0.113. The Hall–Kier alpha value is -2.85. The summed E-state index contributed by atoms with van der Waals surface area (Å²) in [5, 5.41) is 12.5. The maximum atomic E-state index is 12.8. The lowest BCUT2D eigenvalue weighted by Gasteiger charge is -2.14. The SMILES string of the molecule is C=CCn1c(SCC(=O)Nc2sc3c(c2C(=O)OC(C)C)CCCC3)nnc1-c1ccco1. The molecule has 0 atom stereocenters. The molecule has 10 heteroatoms. The second-order valence-corrected chi connectivity index (χ2v) is 9.94. The summed E-state index contributed by atoms with van der Waals surface area (Å²) in [5.41, 5.74) is 1.53. The number of aryl methyl sites for hydroxylation is 1. The number of hydrogen-bond donors (Lipinski definition) is 1. The smallest absolute Gasteiger partial charge is 0.341 e. The molecule has 0 spiro atoms. The summed E-state index contributed by atoms with van der Waals surface area (Å²) >= 11 is 2.75. The number of carbonyl (C=O) groups is 2. The molecule has 1 amide bonds. The van der Waals surface area contributed by atoms with Gasteiger partial charge in [-0.05, 0) is 57.2 Å². The van der Waals surface area contributed by atoms with Crippen LogP contribution in [-0.2, 0) is 28.9 Å². The standard InChI is InChI=1S/C23H26N4O4S2/c1-4-11-27-20(16-9-7-12-30-16)25-26-23(27)32-13-18(28)24-21-19(22(29)31-14(2)3)15-8-5-6-10-17(15)33-21/h4,7,9,12,14H,1,5-6,8,10-11,13H2,2-3H3,(H,24,28). The maximum Gasteiger partial charge on any atom is 0.341 e. The monoisotopic (exact) mass is 486 g/mol. The van der Waals surface area contributed by atoms with Gasteiger partial charge in [0.25, 0.3) is 0 Å². The molecule has 3 aromatic rings. The van der Waals surface area contributed by atoms with E-state index in [1.54, 1.807) is 24.5 Å². The molecule has 0 bridgehead atoms. The van der Waals surface area contributed by atoms with Crippen LogP contribution in [0.1, 0.15) is 47.5 Å². The van der Waals surface area contributed by atoms with E-state index in [1.165, 1.54) is 23.1 Å². The van der Waals surface area contributed by atoms with Gasteiger partial charge in [0.15, 0.2) is 10.9 Å². The predicted octanol–water partition coefficient (Wildman–Crippen LogP) is 4.96. The average molecular weight is 487 g/mol. The van der Waals surface area contributed by atoms with E-state index in [9.17, 15) is 9.59 Å². The molecule has 3 aromatic heterocycles. The van der Waals surface area contributed by atoms with E-state index in [0.717, 1.165) is 36.1 Å². The van der Waals surface area contributed by atoms with Crippen molar-refractivity contribution in [3.05, 3.63) is 47.1 Å². The van der Waals surface area contributed by atoms with Crippen molar-refractivity contribution < 1.29 is 18.7 Å². The Labute approximate surface area is 200 Å². The van der Waals surface area contributed by atoms with E-state index in [0.29, 0.717) is 33.9 Å². The number of furan rings is 1. The number of amides is 1. The molecule has 8 nitrogen and oxygen atoms in total. The van der Waals surface area contributed by atoms with Crippen LogP contribution in [0.15, 0.2) is 40.6 Å². The Balaban J connectivity index is 1.49. The van der Waals surface area contributed by atoms with Gasteiger partial charge in [0.05, 0.1) is 23.7 Å². The number of rotatable bonds is 9. The Morgan fingerprint density at radius 2 is 2.18 bits per heavy atom. The van der Waals surface area contributed by atoms with Crippen LogP contribution >= 0.6 is 23.1 Å². The highest BCUT2D eigenvalue weighted by Gasteiger charge is 2.28. The zero-order valence-corrected chi connectivity index (χ0v) is 20.3. The van der Waals surface area contributed by atoms with Crippen LogP contribution in [0.3, 0.4) is 0 Å². The Kier molecular flexibility index (Phi) is 7.34. The second-order valence-electron chi connectivity index (χ2n) is 7.89. The summed E-state index contributed by atoms with van der Waals surface area (Å²) in [6.07, 6.45) is 6.97. The summed E-state index contributed by atoms with van der Waals surface area (Å²) in [6, 6.07) is 3.59. The normalized spacial score (nSPS) is 13.1. The molecule has 0 aliphatic heterocycles. The van der Waals surface area contributed by atoms with E-state index >= 15 is 0 Å². The molecule has 0 radical (unpaired) electrons. The average Bonchev–Trinajstić information content (AvgIpc) is 3.50. The van der Waals surface area contributed by atoms with Crippen molar-refractivity contribution in [2.24, 2.45) is 0 Å². The molecule has 0 aromatic carbocycles. The number of anilines is 1. The number of allylic oxidation sites excluding steroid dienone is 1. The number of carbonyl (C=O) groups excluding carboxylic acids is 2. The van der Waals surface area contributed by atoms with Gasteiger partial charge in [0, 0.05) is 11.4 Å². The molecule has 3 heterocycles. The van der Waals surface area contributed by atoms with Crippen LogP contribution in [0.2, 0.25) is 0 Å². The first kappa shape index (κ1) is 23.3. The predicted molar refractivity (Wildman–Crippen MR) is 129 cm³/mol. The fourth-order valence-electron chi connectivity index (χ4n) is 3.71. The van der Waals surface area contributed by atoms with Crippen molar-refractivity contribution >= 4 is 40.0 Å². The Morgan fingerprint density at radius 1 is 1.36 bits per heavy atom. The third-order valence-electron chi connectivity index (χ3n) is 5.07. The van der Waals surface area contributed by atoms with Crippen LogP contribution in [0.4, 0.5) is 5.00 Å². The molecular weight excluding hydrogens is 460 g/mol. The minimum absolute atomic E-state index is 0.120. The van der Waals surface area contributed by atoms with Crippen LogP contribution in [0.25, 0.3) is 11.6 Å². The highest BCUT2D eigenvalue weighted by Crippen LogP contribution is 2.39. The van der Waals surface area contributed by atoms with Crippen molar-refractivity contribution in [1.29, 1.82) is 0 Å². The molecule has 1 N–H and O–H groups in total. The molecule has 0 fully saturated rings. The number of aromatic nitrogens is 3. The van der Waals surface area contributed by atoms with Crippen LogP contribution in [0.5, 0.6) is 0 Å². The molecule has 4 rings (SSSR count). The minimum atomic E-state index is -0.374. The Bertz CT molecular complexity index is 1150. The number of esters is 1. The number of nitrogens with zero attached hydrogens (tertiary/aromatic N) is 3. The first-order chi connectivity index (χ1) is 16.0. The van der Waals surface area contributed by atoms with Gasteiger partial charge < -0.3 is 14.5 Å². The van der Waals surface area contributed by atoms with E-state index < -0.39 is 0 Å². The summed E-state index contributed by atoms with van der Waals surface area (Å²) in [6.45, 7) is 7.92. The molecule has 174 valence electrons. The first-order valence-corrected chi connectivity index (χ1v) is 12.6. The van der Waals surface area contributed by atoms with E-state index in [2.05, 4.69) is 22.1 Å². The van der Waals surface area contributed by atoms with Crippen LogP contribution in [0, 0.1) is 0 Å². The molecule has 0 saturated heterocycles. The lowest BCUT2D eigenvalue weighted by Crippen LogP contribution is -2.19. The minimum Gasteiger partial charge on any atom is -0.461 e. The van der Waals surface area contributed by atoms with Gasteiger partial charge in [-0.25, -0.2) is 4.79 Å². The summed E-state index contributed by atoms with van der Waals surface area (Å²) in [7, 11) is 0. The zero-order valence-electron chi connectivity index (χ0n) is 18.6. The molecule has 1 aliphatic carbocycles. The number of ether oxygens (including phenoxy) is 1. The molecule has 1 aliphatic rings. The number of hydrogen-bond acceptors (Lipinski definition) is 8. The highest BCUT2D eigenvalue weighted by atomic mass is 32.2. The fourth-order valence-corrected chi connectivity index (χ4v) is 5.75. The van der Waals surface area contributed by atoms with Gasteiger partial charge in [-0.1, -0.05) is 17.8 Å². The van der Waals surface area contributed by atoms with Gasteiger partial charge in [0.1, 0.15) is 5.00 Å². The number of thiophene rings is 1. The molecule has 0 unspecified atom stereocenters. The summed E-state index contributed by atoms with van der Waals surface area (Å²) in [4.78, 5) is 26.8. The van der Waals surface area contributed by atoms with Crippen LogP contribution in [-0.4, -0.2) is 38.5 Å². The first-order valence-electron chi connectivity index (χ1n) is 10.8. The highest BCUT2D eigenvalue weighted by molar-refractivity contribution is 7.99. The Morgan fingerprint density at radius 3 is 2.91 bits per heavy atom. The zero-order chi connectivity index (χ0) is 23.4. The maximum absolute atomic E-state index is 12.8. The molecule has 0 saturated carbocycles. The van der Waals surface area contributed by atoms with Crippen molar-refractivity contribution in [2.45, 2.75) is 57.3 Å². The van der Waals surface area contributed by atoms with Crippen molar-refractivity contribution in [2.75, 3.05) is 11.1 Å². The van der Waals surface area contributed by atoms with E-state index in [4.69, 9.17) is 9.15 Å². The van der Waals surface area contributed by atoms with Gasteiger partial charge in [-0.3, -0.25) is 9.36 Å².